The average molecular weight is 345 g/mol. The Balaban J connectivity index is 1.56. The van der Waals surface area contributed by atoms with Crippen LogP contribution in [0.1, 0.15) is 20.9 Å². The Kier molecular flexibility index (Phi) is 3.67. The number of hydrogen-bond acceptors (Lipinski definition) is 4. The van der Waals surface area contributed by atoms with Crippen LogP contribution < -0.4 is 0 Å². The van der Waals surface area contributed by atoms with Crippen LogP contribution in [-0.4, -0.2) is 22.5 Å². The van der Waals surface area contributed by atoms with Crippen LogP contribution in [-0.2, 0) is 13.0 Å². The Morgan fingerprint density at radius 3 is 3.09 bits per heavy atom. The van der Waals surface area contributed by atoms with Gasteiger partial charge in [0, 0.05) is 34.6 Å². The second-order valence-electron chi connectivity index (χ2n) is 5.43. The van der Waals surface area contributed by atoms with E-state index in [1.165, 1.54) is 10.4 Å². The van der Waals surface area contributed by atoms with Gasteiger partial charge in [-0.1, -0.05) is 28.9 Å². The van der Waals surface area contributed by atoms with Gasteiger partial charge >= 0.3 is 0 Å². The first-order chi connectivity index (χ1) is 11.2. The van der Waals surface area contributed by atoms with Crippen LogP contribution >= 0.6 is 22.9 Å². The van der Waals surface area contributed by atoms with Crippen LogP contribution in [0.3, 0.4) is 0 Å². The molecule has 0 atom stereocenters. The molecule has 0 unspecified atom stereocenters. The summed E-state index contributed by atoms with van der Waals surface area (Å²) >= 11 is 7.74. The molecule has 0 saturated heterocycles. The lowest BCUT2D eigenvalue weighted by molar-refractivity contribution is 0.0725. The zero-order chi connectivity index (χ0) is 15.8. The quantitative estimate of drug-likeness (QED) is 0.698. The van der Waals surface area contributed by atoms with Crippen molar-refractivity contribution in [3.05, 3.63) is 62.9 Å². The van der Waals surface area contributed by atoms with E-state index in [-0.39, 0.29) is 5.91 Å². The van der Waals surface area contributed by atoms with E-state index >= 15 is 0 Å². The molecule has 0 aliphatic carbocycles. The van der Waals surface area contributed by atoms with Crippen LogP contribution in [0.15, 0.2) is 46.3 Å². The van der Waals surface area contributed by atoms with Crippen LogP contribution in [0, 0.1) is 0 Å². The van der Waals surface area contributed by atoms with Gasteiger partial charge in [0.25, 0.3) is 5.91 Å². The van der Waals surface area contributed by atoms with Crippen molar-refractivity contribution in [2.24, 2.45) is 0 Å². The SMILES string of the molecule is O=C(c1cc(-c2cccc(Cl)c2)on1)N1CCc2sccc2C1. The summed E-state index contributed by atoms with van der Waals surface area (Å²) in [5, 5.41) is 6.63. The highest BCUT2D eigenvalue weighted by Crippen LogP contribution is 2.27. The Morgan fingerprint density at radius 1 is 1.30 bits per heavy atom. The van der Waals surface area contributed by atoms with Crippen molar-refractivity contribution >= 4 is 28.8 Å². The molecule has 1 aliphatic heterocycles. The first kappa shape index (κ1) is 14.5. The summed E-state index contributed by atoms with van der Waals surface area (Å²) in [5.74, 6) is 0.447. The molecular weight excluding hydrogens is 332 g/mol. The number of thiophene rings is 1. The Hall–Kier alpha value is -2.11. The van der Waals surface area contributed by atoms with Gasteiger partial charge in [-0.2, -0.15) is 0 Å². The molecule has 116 valence electrons. The summed E-state index contributed by atoms with van der Waals surface area (Å²) in [5.41, 5.74) is 2.37. The molecule has 4 nitrogen and oxygen atoms in total. The van der Waals surface area contributed by atoms with Crippen molar-refractivity contribution in [1.82, 2.24) is 10.1 Å². The van der Waals surface area contributed by atoms with Gasteiger partial charge in [-0.15, -0.1) is 11.3 Å². The number of halogens is 1. The molecule has 1 amide bonds. The number of hydrogen-bond donors (Lipinski definition) is 0. The Morgan fingerprint density at radius 2 is 2.22 bits per heavy atom. The number of carbonyl (C=O) groups excluding carboxylic acids is 1. The Bertz CT molecular complexity index is 871. The minimum Gasteiger partial charge on any atom is -0.355 e. The van der Waals surface area contributed by atoms with Crippen LogP contribution in [0.25, 0.3) is 11.3 Å². The maximum absolute atomic E-state index is 12.6. The molecule has 1 aliphatic rings. The van der Waals surface area contributed by atoms with Crippen LogP contribution in [0.5, 0.6) is 0 Å². The smallest absolute Gasteiger partial charge is 0.276 e. The molecule has 3 aromatic rings. The summed E-state index contributed by atoms with van der Waals surface area (Å²) < 4.78 is 5.32. The van der Waals surface area contributed by atoms with Gasteiger partial charge in [0.2, 0.25) is 0 Å². The number of carbonyl (C=O) groups is 1. The molecule has 0 spiro atoms. The van der Waals surface area contributed by atoms with E-state index in [2.05, 4.69) is 16.6 Å². The molecular formula is C17H13ClN2O2S. The monoisotopic (exact) mass is 344 g/mol. The van der Waals surface area contributed by atoms with Crippen LogP contribution in [0.2, 0.25) is 5.02 Å². The van der Waals surface area contributed by atoms with E-state index in [9.17, 15) is 4.79 Å². The fourth-order valence-corrected chi connectivity index (χ4v) is 3.82. The van der Waals surface area contributed by atoms with E-state index in [1.54, 1.807) is 29.5 Å². The molecule has 3 heterocycles. The lowest BCUT2D eigenvalue weighted by Crippen LogP contribution is -2.35. The highest BCUT2D eigenvalue weighted by molar-refractivity contribution is 7.10. The van der Waals surface area contributed by atoms with Crippen molar-refractivity contribution in [2.45, 2.75) is 13.0 Å². The molecule has 4 rings (SSSR count). The molecule has 0 N–H and O–H groups in total. The number of benzene rings is 1. The summed E-state index contributed by atoms with van der Waals surface area (Å²) in [6, 6.07) is 11.1. The zero-order valence-corrected chi connectivity index (χ0v) is 13.7. The summed E-state index contributed by atoms with van der Waals surface area (Å²) in [4.78, 5) is 15.8. The summed E-state index contributed by atoms with van der Waals surface area (Å²) in [7, 11) is 0. The second-order valence-corrected chi connectivity index (χ2v) is 6.87. The third-order valence-electron chi connectivity index (χ3n) is 3.93. The molecule has 0 fully saturated rings. The minimum atomic E-state index is -0.0983. The van der Waals surface area contributed by atoms with E-state index < -0.39 is 0 Å². The van der Waals surface area contributed by atoms with Gasteiger partial charge < -0.3 is 9.42 Å². The summed E-state index contributed by atoms with van der Waals surface area (Å²) in [6.07, 6.45) is 0.901. The highest BCUT2D eigenvalue weighted by Gasteiger charge is 2.25. The summed E-state index contributed by atoms with van der Waals surface area (Å²) in [6.45, 7) is 1.35. The first-order valence-corrected chi connectivity index (χ1v) is 8.53. The second kappa shape index (κ2) is 5.83. The Labute approximate surface area is 142 Å². The largest absolute Gasteiger partial charge is 0.355 e. The van der Waals surface area contributed by atoms with Gasteiger partial charge in [0.1, 0.15) is 0 Å². The van der Waals surface area contributed by atoms with Crippen molar-refractivity contribution in [3.63, 3.8) is 0 Å². The number of amides is 1. The molecule has 0 saturated carbocycles. The van der Waals surface area contributed by atoms with Gasteiger partial charge in [0.05, 0.1) is 0 Å². The molecule has 2 aromatic heterocycles. The zero-order valence-electron chi connectivity index (χ0n) is 12.2. The number of fused-ring (bicyclic) bond motifs is 1. The number of nitrogens with zero attached hydrogens (tertiary/aromatic N) is 2. The van der Waals surface area contributed by atoms with Crippen molar-refractivity contribution in [2.75, 3.05) is 6.54 Å². The molecule has 0 radical (unpaired) electrons. The van der Waals surface area contributed by atoms with Crippen LogP contribution in [0.4, 0.5) is 0 Å². The van der Waals surface area contributed by atoms with E-state index in [1.807, 2.05) is 17.0 Å². The molecule has 6 heteroatoms. The number of aromatic nitrogens is 1. The topological polar surface area (TPSA) is 46.3 Å². The minimum absolute atomic E-state index is 0.0983. The van der Waals surface area contributed by atoms with E-state index in [0.717, 1.165) is 12.0 Å². The van der Waals surface area contributed by atoms with E-state index in [4.69, 9.17) is 16.1 Å². The first-order valence-electron chi connectivity index (χ1n) is 7.28. The number of rotatable bonds is 2. The highest BCUT2D eigenvalue weighted by atomic mass is 35.5. The van der Waals surface area contributed by atoms with Gasteiger partial charge in [-0.25, -0.2) is 0 Å². The lowest BCUT2D eigenvalue weighted by Gasteiger charge is -2.26. The molecule has 0 bridgehead atoms. The fourth-order valence-electron chi connectivity index (χ4n) is 2.74. The predicted octanol–water partition coefficient (Wildman–Crippen LogP) is 4.26. The lowest BCUT2D eigenvalue weighted by atomic mass is 10.1. The third-order valence-corrected chi connectivity index (χ3v) is 5.19. The van der Waals surface area contributed by atoms with Crippen molar-refractivity contribution < 1.29 is 9.32 Å². The maximum Gasteiger partial charge on any atom is 0.276 e. The molecule has 23 heavy (non-hydrogen) atoms. The predicted molar refractivity (Wildman–Crippen MR) is 89.7 cm³/mol. The average Bonchev–Trinajstić information content (AvgIpc) is 3.22. The standard InChI is InChI=1S/C17H13ClN2O2S/c18-13-3-1-2-11(8-13)15-9-14(19-22-15)17(21)20-6-4-16-12(10-20)5-7-23-16/h1-3,5,7-9H,4,6,10H2. The fraction of sp³-hybridized carbons (Fsp3) is 0.176. The normalized spacial score (nSPS) is 13.9. The maximum atomic E-state index is 12.6. The molecule has 1 aromatic carbocycles. The van der Waals surface area contributed by atoms with Crippen molar-refractivity contribution in [1.29, 1.82) is 0 Å². The van der Waals surface area contributed by atoms with Crippen molar-refractivity contribution in [3.8, 4) is 11.3 Å². The van der Waals surface area contributed by atoms with Gasteiger partial charge in [-0.3, -0.25) is 4.79 Å². The third kappa shape index (κ3) is 2.78. The van der Waals surface area contributed by atoms with E-state index in [0.29, 0.717) is 29.6 Å². The van der Waals surface area contributed by atoms with Gasteiger partial charge in [-0.05, 0) is 35.6 Å². The van der Waals surface area contributed by atoms with Gasteiger partial charge in [0.15, 0.2) is 11.5 Å².